The van der Waals surface area contributed by atoms with Crippen LogP contribution < -0.4 is 10.6 Å². The summed E-state index contributed by atoms with van der Waals surface area (Å²) in [6, 6.07) is 12.3. The first kappa shape index (κ1) is 24.2. The zero-order valence-corrected chi connectivity index (χ0v) is 19.9. The molecular formula is C25H25Cl2N3O4. The van der Waals surface area contributed by atoms with E-state index in [1.54, 1.807) is 18.2 Å². The smallest absolute Gasteiger partial charge is 0.289 e. The summed E-state index contributed by atoms with van der Waals surface area (Å²) >= 11 is 12.8. The first-order chi connectivity index (χ1) is 16.3. The molecule has 2 aromatic carbocycles. The van der Waals surface area contributed by atoms with Crippen molar-refractivity contribution in [3.63, 3.8) is 0 Å². The van der Waals surface area contributed by atoms with E-state index in [-0.39, 0.29) is 31.3 Å². The fourth-order valence-electron chi connectivity index (χ4n) is 4.01. The van der Waals surface area contributed by atoms with Gasteiger partial charge in [-0.25, -0.2) is 0 Å². The molecule has 1 saturated heterocycles. The van der Waals surface area contributed by atoms with Gasteiger partial charge >= 0.3 is 0 Å². The zero-order valence-electron chi connectivity index (χ0n) is 18.4. The van der Waals surface area contributed by atoms with Crippen LogP contribution in [-0.4, -0.2) is 46.5 Å². The minimum Gasteiger partial charge on any atom is -0.347 e. The van der Waals surface area contributed by atoms with Crippen LogP contribution in [0.3, 0.4) is 0 Å². The highest BCUT2D eigenvalue weighted by Gasteiger charge is 2.40. The Morgan fingerprint density at radius 1 is 1.00 bits per heavy atom. The molecule has 1 aliphatic heterocycles. The van der Waals surface area contributed by atoms with Gasteiger partial charge < -0.3 is 15.5 Å². The summed E-state index contributed by atoms with van der Waals surface area (Å²) in [5.74, 6) is -2.11. The van der Waals surface area contributed by atoms with Crippen LogP contribution in [-0.2, 0) is 32.1 Å². The lowest BCUT2D eigenvalue weighted by molar-refractivity contribution is -0.147. The lowest BCUT2D eigenvalue weighted by Crippen LogP contribution is -2.55. The van der Waals surface area contributed by atoms with Crippen LogP contribution in [0.15, 0.2) is 48.5 Å². The van der Waals surface area contributed by atoms with Gasteiger partial charge in [0.1, 0.15) is 12.1 Å². The first-order valence-electron chi connectivity index (χ1n) is 11.2. The number of hydrogen-bond acceptors (Lipinski definition) is 4. The van der Waals surface area contributed by atoms with Gasteiger partial charge in [0.2, 0.25) is 17.6 Å². The van der Waals surface area contributed by atoms with Crippen LogP contribution in [0.5, 0.6) is 0 Å². The predicted octanol–water partition coefficient (Wildman–Crippen LogP) is 3.06. The summed E-state index contributed by atoms with van der Waals surface area (Å²) in [6.45, 7) is -0.0797. The number of Topliss-reactive ketones (excluding diaryl/α,β-unsaturated/α-hetero) is 1. The molecule has 0 spiro atoms. The van der Waals surface area contributed by atoms with Crippen molar-refractivity contribution in [1.82, 2.24) is 15.5 Å². The van der Waals surface area contributed by atoms with Gasteiger partial charge in [-0.2, -0.15) is 0 Å². The molecule has 7 nitrogen and oxygen atoms in total. The monoisotopic (exact) mass is 501 g/mol. The Morgan fingerprint density at radius 2 is 1.68 bits per heavy atom. The minimum absolute atomic E-state index is 0.00916. The van der Waals surface area contributed by atoms with E-state index in [0.29, 0.717) is 22.0 Å². The average molecular weight is 502 g/mol. The molecule has 178 valence electrons. The number of carbonyl (C=O) groups excluding carboxylic acids is 4. The molecule has 0 bridgehead atoms. The van der Waals surface area contributed by atoms with E-state index in [1.165, 1.54) is 4.90 Å². The first-order valence-corrected chi connectivity index (χ1v) is 12.0. The molecule has 2 aromatic rings. The number of carbonyl (C=O) groups is 4. The molecule has 1 heterocycles. The third kappa shape index (κ3) is 5.77. The van der Waals surface area contributed by atoms with E-state index in [9.17, 15) is 19.2 Å². The van der Waals surface area contributed by atoms with Crippen molar-refractivity contribution >= 4 is 46.7 Å². The topological polar surface area (TPSA) is 95.6 Å². The molecule has 34 heavy (non-hydrogen) atoms. The lowest BCUT2D eigenvalue weighted by atomic mass is 9.98. The van der Waals surface area contributed by atoms with Gasteiger partial charge in [0.05, 0.1) is 0 Å². The number of hydrogen-bond donors (Lipinski definition) is 2. The standard InChI is InChI=1S/C25H25Cl2N3O4/c26-18-7-4-8-19(27)17(18)14-30(25(34)20-11-12-22(31)29-20)21(13-15-5-2-1-3-6-15)23(32)24(33)28-16-9-10-16/h1-8,16,20-21H,9-14H2,(H,28,33)(H,29,31)/t20-,21?/m1/s1. The molecule has 1 unspecified atom stereocenters. The van der Waals surface area contributed by atoms with E-state index in [4.69, 9.17) is 23.2 Å². The van der Waals surface area contributed by atoms with Crippen molar-refractivity contribution in [2.75, 3.05) is 0 Å². The number of halogens is 2. The molecule has 2 atom stereocenters. The second-order valence-corrected chi connectivity index (χ2v) is 9.46. The molecular weight excluding hydrogens is 477 g/mol. The van der Waals surface area contributed by atoms with E-state index < -0.39 is 29.7 Å². The number of nitrogens with zero attached hydrogens (tertiary/aromatic N) is 1. The minimum atomic E-state index is -1.10. The van der Waals surface area contributed by atoms with Gasteiger partial charge in [-0.3, -0.25) is 19.2 Å². The summed E-state index contributed by atoms with van der Waals surface area (Å²) in [7, 11) is 0. The Bertz CT molecular complexity index is 1080. The van der Waals surface area contributed by atoms with Crippen LogP contribution in [0, 0.1) is 0 Å². The van der Waals surface area contributed by atoms with Crippen LogP contribution in [0.1, 0.15) is 36.8 Å². The Kier molecular flexibility index (Phi) is 7.54. The number of ketones is 1. The van der Waals surface area contributed by atoms with Crippen molar-refractivity contribution < 1.29 is 19.2 Å². The quantitative estimate of drug-likeness (QED) is 0.516. The van der Waals surface area contributed by atoms with Crippen molar-refractivity contribution in [2.24, 2.45) is 0 Å². The number of rotatable bonds is 9. The summed E-state index contributed by atoms with van der Waals surface area (Å²) in [6.07, 6.45) is 2.32. The van der Waals surface area contributed by atoms with E-state index in [0.717, 1.165) is 18.4 Å². The van der Waals surface area contributed by atoms with Crippen molar-refractivity contribution in [3.8, 4) is 0 Å². The number of amides is 3. The molecule has 9 heteroatoms. The van der Waals surface area contributed by atoms with Crippen LogP contribution in [0.25, 0.3) is 0 Å². The summed E-state index contributed by atoms with van der Waals surface area (Å²) < 4.78 is 0. The number of nitrogens with one attached hydrogen (secondary N) is 2. The number of benzene rings is 2. The summed E-state index contributed by atoms with van der Waals surface area (Å²) in [5, 5.41) is 6.08. The molecule has 2 fully saturated rings. The summed E-state index contributed by atoms with van der Waals surface area (Å²) in [5.41, 5.74) is 1.26. The summed E-state index contributed by atoms with van der Waals surface area (Å²) in [4.78, 5) is 53.0. The van der Waals surface area contributed by atoms with Crippen LogP contribution in [0.2, 0.25) is 10.0 Å². The SMILES string of the molecule is O=C1CC[C@H](C(=O)N(Cc2c(Cl)cccc2Cl)C(Cc2ccccc2)C(=O)C(=O)NC2CC2)N1. The maximum Gasteiger partial charge on any atom is 0.289 e. The lowest BCUT2D eigenvalue weighted by Gasteiger charge is -2.33. The molecule has 1 saturated carbocycles. The van der Waals surface area contributed by atoms with Gasteiger partial charge in [0.15, 0.2) is 0 Å². The molecule has 1 aliphatic carbocycles. The second-order valence-electron chi connectivity index (χ2n) is 8.64. The fourth-order valence-corrected chi connectivity index (χ4v) is 4.53. The predicted molar refractivity (Wildman–Crippen MR) is 128 cm³/mol. The van der Waals surface area contributed by atoms with Gasteiger partial charge in [-0.1, -0.05) is 59.6 Å². The van der Waals surface area contributed by atoms with Crippen LogP contribution >= 0.6 is 23.2 Å². The van der Waals surface area contributed by atoms with Gasteiger partial charge in [0.25, 0.3) is 5.91 Å². The maximum atomic E-state index is 13.7. The highest BCUT2D eigenvalue weighted by molar-refractivity contribution is 6.38. The van der Waals surface area contributed by atoms with Gasteiger partial charge in [-0.15, -0.1) is 0 Å². The molecule has 0 aromatic heterocycles. The molecule has 2 N–H and O–H groups in total. The molecule has 3 amide bonds. The average Bonchev–Trinajstić information content (AvgIpc) is 3.53. The Morgan fingerprint density at radius 3 is 2.26 bits per heavy atom. The molecule has 2 aliphatic rings. The Labute approximate surface area is 207 Å². The van der Waals surface area contributed by atoms with E-state index in [1.807, 2.05) is 30.3 Å². The third-order valence-electron chi connectivity index (χ3n) is 6.05. The van der Waals surface area contributed by atoms with Crippen LogP contribution in [0.4, 0.5) is 0 Å². The normalized spacial score (nSPS) is 18.2. The highest BCUT2D eigenvalue weighted by atomic mass is 35.5. The van der Waals surface area contributed by atoms with Crippen molar-refractivity contribution in [2.45, 2.75) is 56.8 Å². The molecule has 0 radical (unpaired) electrons. The highest BCUT2D eigenvalue weighted by Crippen LogP contribution is 2.28. The van der Waals surface area contributed by atoms with E-state index >= 15 is 0 Å². The zero-order chi connectivity index (χ0) is 24.2. The third-order valence-corrected chi connectivity index (χ3v) is 6.76. The largest absolute Gasteiger partial charge is 0.347 e. The molecule has 4 rings (SSSR count). The maximum absolute atomic E-state index is 13.7. The van der Waals surface area contributed by atoms with Gasteiger partial charge in [-0.05, 0) is 37.0 Å². The van der Waals surface area contributed by atoms with Gasteiger partial charge in [0, 0.05) is 41.0 Å². The van der Waals surface area contributed by atoms with Crippen molar-refractivity contribution in [3.05, 3.63) is 69.7 Å². The fraction of sp³-hybridized carbons (Fsp3) is 0.360. The van der Waals surface area contributed by atoms with Crippen molar-refractivity contribution in [1.29, 1.82) is 0 Å². The van der Waals surface area contributed by atoms with E-state index in [2.05, 4.69) is 10.6 Å². The second kappa shape index (κ2) is 10.6. The Hall–Kier alpha value is -2.90. The Balaban J connectivity index is 1.71.